The summed E-state index contributed by atoms with van der Waals surface area (Å²) in [5.41, 5.74) is 0.508. The molecule has 0 bridgehead atoms. The van der Waals surface area contributed by atoms with Gasteiger partial charge in [0.05, 0.1) is 12.6 Å². The zero-order valence-corrected chi connectivity index (χ0v) is 20.8. The van der Waals surface area contributed by atoms with Gasteiger partial charge < -0.3 is 14.4 Å². The van der Waals surface area contributed by atoms with Crippen molar-refractivity contribution in [2.45, 2.75) is 96.9 Å². The number of carbonyl (C=O) groups excluding carboxylic acids is 3. The minimum atomic E-state index is -0.615. The van der Waals surface area contributed by atoms with E-state index in [4.69, 9.17) is 9.47 Å². The number of rotatable bonds is 9. The summed E-state index contributed by atoms with van der Waals surface area (Å²) in [4.78, 5) is 40.3. The van der Waals surface area contributed by atoms with Crippen molar-refractivity contribution in [1.82, 2.24) is 10.2 Å². The molecule has 1 aromatic rings. The third-order valence-corrected chi connectivity index (χ3v) is 5.74. The Morgan fingerprint density at radius 2 is 1.82 bits per heavy atom. The molecule has 1 aliphatic heterocycles. The zero-order chi connectivity index (χ0) is 24.4. The van der Waals surface area contributed by atoms with Crippen molar-refractivity contribution in [2.75, 3.05) is 13.2 Å². The van der Waals surface area contributed by atoms with Crippen LogP contribution in [0, 0.1) is 0 Å². The van der Waals surface area contributed by atoms with Crippen LogP contribution in [0.15, 0.2) is 30.3 Å². The summed E-state index contributed by atoms with van der Waals surface area (Å²) in [7, 11) is 0. The molecule has 1 N–H and O–H groups in total. The van der Waals surface area contributed by atoms with E-state index >= 15 is 0 Å². The lowest BCUT2D eigenvalue weighted by atomic mass is 9.97. The van der Waals surface area contributed by atoms with Crippen molar-refractivity contribution in [2.24, 2.45) is 0 Å². The van der Waals surface area contributed by atoms with Gasteiger partial charge >= 0.3 is 11.9 Å². The largest absolute Gasteiger partial charge is 0.465 e. The molecule has 1 aromatic carbocycles. The second kappa shape index (κ2) is 12.7. The molecule has 0 saturated carbocycles. The van der Waals surface area contributed by atoms with E-state index in [9.17, 15) is 14.4 Å². The SMILES string of the molecule is CCOC(=O)C(CCc1ccccc1)NC1CCCCC(C)N(CC(=O)OC(C)(C)C)C1=O. The standard InChI is InChI=1S/C26H40N2O5/c1-6-32-25(31)22(17-16-20-13-8-7-9-14-20)27-21-15-11-10-12-19(2)28(24(21)30)18-23(29)33-26(3,4)5/h7-9,13-14,19,21-22,27H,6,10-12,15-18H2,1-5H3. The second-order valence-corrected chi connectivity index (χ2v) is 9.73. The molecule has 1 heterocycles. The first kappa shape index (κ1) is 26.8. The lowest BCUT2D eigenvalue weighted by Gasteiger charge is -2.36. The van der Waals surface area contributed by atoms with Gasteiger partial charge in [-0.3, -0.25) is 19.7 Å². The molecule has 3 unspecified atom stereocenters. The van der Waals surface area contributed by atoms with E-state index in [0.717, 1.165) is 24.8 Å². The zero-order valence-electron chi connectivity index (χ0n) is 20.8. The Morgan fingerprint density at radius 1 is 1.15 bits per heavy atom. The minimum absolute atomic E-state index is 0.0834. The van der Waals surface area contributed by atoms with Gasteiger partial charge in [-0.2, -0.15) is 0 Å². The van der Waals surface area contributed by atoms with E-state index in [2.05, 4.69) is 5.32 Å². The lowest BCUT2D eigenvalue weighted by molar-refractivity contribution is -0.161. The maximum Gasteiger partial charge on any atom is 0.326 e. The van der Waals surface area contributed by atoms with Crippen molar-refractivity contribution in [3.05, 3.63) is 35.9 Å². The average molecular weight is 461 g/mol. The average Bonchev–Trinajstić information content (AvgIpc) is 2.74. The summed E-state index contributed by atoms with van der Waals surface area (Å²) in [6.45, 7) is 9.35. The second-order valence-electron chi connectivity index (χ2n) is 9.73. The van der Waals surface area contributed by atoms with E-state index < -0.39 is 23.7 Å². The van der Waals surface area contributed by atoms with Crippen molar-refractivity contribution in [3.63, 3.8) is 0 Å². The number of carbonyl (C=O) groups is 3. The van der Waals surface area contributed by atoms with E-state index in [0.29, 0.717) is 19.3 Å². The van der Waals surface area contributed by atoms with Gasteiger partial charge in [0, 0.05) is 6.04 Å². The quantitative estimate of drug-likeness (QED) is 0.567. The normalized spacial score (nSPS) is 20.5. The van der Waals surface area contributed by atoms with Crippen LogP contribution in [0.25, 0.3) is 0 Å². The highest BCUT2D eigenvalue weighted by molar-refractivity contribution is 5.87. The van der Waals surface area contributed by atoms with Gasteiger partial charge in [-0.25, -0.2) is 0 Å². The molecule has 0 radical (unpaired) electrons. The van der Waals surface area contributed by atoms with Crippen molar-refractivity contribution < 1.29 is 23.9 Å². The van der Waals surface area contributed by atoms with E-state index in [1.165, 1.54) is 0 Å². The highest BCUT2D eigenvalue weighted by atomic mass is 16.6. The molecule has 1 saturated heterocycles. The molecule has 1 aliphatic rings. The number of amides is 1. The molecule has 1 fully saturated rings. The van der Waals surface area contributed by atoms with E-state index in [1.54, 1.807) is 11.8 Å². The van der Waals surface area contributed by atoms with Crippen LogP contribution in [-0.4, -0.2) is 59.6 Å². The van der Waals surface area contributed by atoms with Crippen LogP contribution in [-0.2, 0) is 30.3 Å². The Labute approximate surface area is 198 Å². The maximum absolute atomic E-state index is 13.5. The van der Waals surface area contributed by atoms with Crippen LogP contribution in [0.3, 0.4) is 0 Å². The fourth-order valence-electron chi connectivity index (χ4n) is 4.10. The molecule has 184 valence electrons. The van der Waals surface area contributed by atoms with Crippen LogP contribution < -0.4 is 5.32 Å². The van der Waals surface area contributed by atoms with Crippen LogP contribution >= 0.6 is 0 Å². The summed E-state index contributed by atoms with van der Waals surface area (Å²) in [5.74, 6) is -0.940. The third-order valence-electron chi connectivity index (χ3n) is 5.74. The van der Waals surface area contributed by atoms with Crippen LogP contribution in [0.5, 0.6) is 0 Å². The van der Waals surface area contributed by atoms with Gasteiger partial charge in [-0.15, -0.1) is 0 Å². The first-order valence-electron chi connectivity index (χ1n) is 12.1. The van der Waals surface area contributed by atoms with Gasteiger partial charge in [-0.05, 0) is 65.9 Å². The summed E-state index contributed by atoms with van der Waals surface area (Å²) in [6.07, 6.45) is 4.48. The van der Waals surface area contributed by atoms with Gasteiger partial charge in [0.2, 0.25) is 5.91 Å². The van der Waals surface area contributed by atoms with Crippen LogP contribution in [0.2, 0.25) is 0 Å². The van der Waals surface area contributed by atoms with E-state index in [-0.39, 0.29) is 31.1 Å². The van der Waals surface area contributed by atoms with Gasteiger partial charge in [0.1, 0.15) is 18.2 Å². The number of benzene rings is 1. The smallest absolute Gasteiger partial charge is 0.326 e. The number of likely N-dealkylation sites (tertiary alicyclic amines) is 1. The third kappa shape index (κ3) is 9.16. The fraction of sp³-hybridized carbons (Fsp3) is 0.654. The summed E-state index contributed by atoms with van der Waals surface area (Å²) in [5, 5.41) is 3.28. The highest BCUT2D eigenvalue weighted by Gasteiger charge is 2.34. The topological polar surface area (TPSA) is 84.9 Å². The summed E-state index contributed by atoms with van der Waals surface area (Å²) in [6, 6.07) is 8.70. The fourth-order valence-corrected chi connectivity index (χ4v) is 4.10. The number of nitrogens with zero attached hydrogens (tertiary/aromatic N) is 1. The number of hydrogen-bond donors (Lipinski definition) is 1. The molecule has 0 aromatic heterocycles. The number of aryl methyl sites for hydroxylation is 1. The summed E-state index contributed by atoms with van der Waals surface area (Å²) < 4.78 is 10.7. The Bertz CT molecular complexity index is 775. The molecule has 7 nitrogen and oxygen atoms in total. The predicted molar refractivity (Wildman–Crippen MR) is 128 cm³/mol. The van der Waals surface area contributed by atoms with Crippen molar-refractivity contribution >= 4 is 17.8 Å². The Balaban J connectivity index is 2.14. The van der Waals surface area contributed by atoms with Crippen molar-refractivity contribution in [1.29, 1.82) is 0 Å². The molecule has 0 aliphatic carbocycles. The monoisotopic (exact) mass is 460 g/mol. The number of ether oxygens (including phenoxy) is 2. The number of esters is 2. The van der Waals surface area contributed by atoms with Gasteiger partial charge in [-0.1, -0.05) is 43.2 Å². The van der Waals surface area contributed by atoms with E-state index in [1.807, 2.05) is 58.0 Å². The molecule has 7 heteroatoms. The van der Waals surface area contributed by atoms with Gasteiger partial charge in [0.15, 0.2) is 0 Å². The van der Waals surface area contributed by atoms with Gasteiger partial charge in [0.25, 0.3) is 0 Å². The maximum atomic E-state index is 13.5. The van der Waals surface area contributed by atoms with Crippen LogP contribution in [0.4, 0.5) is 0 Å². The molecule has 33 heavy (non-hydrogen) atoms. The first-order valence-corrected chi connectivity index (χ1v) is 12.1. The molecule has 2 rings (SSSR count). The molecular formula is C26H40N2O5. The predicted octanol–water partition coefficient (Wildman–Crippen LogP) is 3.64. The molecule has 1 amide bonds. The molecular weight excluding hydrogens is 420 g/mol. The Morgan fingerprint density at radius 3 is 2.45 bits per heavy atom. The Kier molecular flexibility index (Phi) is 10.4. The van der Waals surface area contributed by atoms with Crippen LogP contribution in [0.1, 0.15) is 72.3 Å². The highest BCUT2D eigenvalue weighted by Crippen LogP contribution is 2.20. The molecule has 0 spiro atoms. The molecule has 3 atom stereocenters. The number of hydrogen-bond acceptors (Lipinski definition) is 6. The lowest BCUT2D eigenvalue weighted by Crippen LogP contribution is -2.56. The Hall–Kier alpha value is -2.41. The first-order chi connectivity index (χ1) is 15.6. The number of nitrogens with one attached hydrogen (secondary N) is 1. The van der Waals surface area contributed by atoms with Crippen molar-refractivity contribution in [3.8, 4) is 0 Å². The summed E-state index contributed by atoms with van der Waals surface area (Å²) >= 11 is 0. The minimum Gasteiger partial charge on any atom is -0.465 e.